The third-order valence-electron chi connectivity index (χ3n) is 3.77. The Morgan fingerprint density at radius 1 is 1.33 bits per heavy atom. The molecule has 1 aliphatic rings. The maximum atomic E-state index is 6.05. The summed E-state index contributed by atoms with van der Waals surface area (Å²) in [7, 11) is 0. The number of nitrogens with one attached hydrogen (secondary N) is 1. The molecule has 0 amide bonds. The zero-order valence-corrected chi connectivity index (χ0v) is 11.6. The van der Waals surface area contributed by atoms with Crippen LogP contribution >= 0.6 is 0 Å². The van der Waals surface area contributed by atoms with E-state index in [4.69, 9.17) is 4.74 Å². The van der Waals surface area contributed by atoms with E-state index in [0.29, 0.717) is 5.92 Å². The van der Waals surface area contributed by atoms with E-state index in [9.17, 15) is 0 Å². The number of rotatable bonds is 5. The molecular weight excluding hydrogens is 222 g/mol. The summed E-state index contributed by atoms with van der Waals surface area (Å²) in [5, 5.41) is 3.54. The monoisotopic (exact) mass is 247 g/mol. The van der Waals surface area contributed by atoms with Crippen LogP contribution in [0.4, 0.5) is 0 Å². The van der Waals surface area contributed by atoms with E-state index in [1.165, 1.54) is 30.4 Å². The fourth-order valence-electron chi connectivity index (χ4n) is 2.77. The molecule has 1 N–H and O–H groups in total. The summed E-state index contributed by atoms with van der Waals surface area (Å²) in [6, 6.07) is 8.63. The van der Waals surface area contributed by atoms with Gasteiger partial charge < -0.3 is 10.1 Å². The van der Waals surface area contributed by atoms with Crippen LogP contribution in [0.25, 0.3) is 0 Å². The predicted molar refractivity (Wildman–Crippen MR) is 75.8 cm³/mol. The highest BCUT2D eigenvalue weighted by Gasteiger charge is 2.27. The van der Waals surface area contributed by atoms with E-state index in [1.54, 1.807) is 0 Å². The lowest BCUT2D eigenvalue weighted by Crippen LogP contribution is -2.32. The number of hydrogen-bond acceptors (Lipinski definition) is 2. The average molecular weight is 247 g/mol. The summed E-state index contributed by atoms with van der Waals surface area (Å²) >= 11 is 0. The predicted octanol–water partition coefficient (Wildman–Crippen LogP) is 3.46. The second-order valence-corrected chi connectivity index (χ2v) is 5.25. The van der Waals surface area contributed by atoms with Crippen molar-refractivity contribution in [2.45, 2.75) is 39.2 Å². The Bertz CT molecular complexity index is 364. The van der Waals surface area contributed by atoms with Crippen molar-refractivity contribution in [3.05, 3.63) is 35.4 Å². The molecule has 1 saturated heterocycles. The second kappa shape index (κ2) is 6.91. The molecule has 2 nitrogen and oxygen atoms in total. The summed E-state index contributed by atoms with van der Waals surface area (Å²) in [6.45, 7) is 7.49. The van der Waals surface area contributed by atoms with Crippen LogP contribution < -0.4 is 5.32 Å². The molecule has 2 unspecified atom stereocenters. The highest BCUT2D eigenvalue weighted by atomic mass is 16.5. The van der Waals surface area contributed by atoms with Gasteiger partial charge in [0.05, 0.1) is 6.10 Å². The summed E-state index contributed by atoms with van der Waals surface area (Å²) in [6.07, 6.45) is 3.95. The maximum Gasteiger partial charge on any atom is 0.0867 e. The first-order valence-electron chi connectivity index (χ1n) is 7.20. The molecule has 0 radical (unpaired) electrons. The van der Waals surface area contributed by atoms with Gasteiger partial charge in [-0.15, -0.1) is 0 Å². The molecule has 0 aromatic heterocycles. The maximum absolute atomic E-state index is 6.05. The Hall–Kier alpha value is -0.860. The van der Waals surface area contributed by atoms with Crippen molar-refractivity contribution in [2.75, 3.05) is 19.7 Å². The van der Waals surface area contributed by atoms with Crippen molar-refractivity contribution < 1.29 is 4.74 Å². The Labute approximate surface area is 111 Å². The standard InChI is InChI=1S/C16H25NO/c1-3-10-17-12-14-8-6-11-18-16(14)15-9-5-4-7-13(15)2/h4-5,7,9,14,16-17H,3,6,8,10-12H2,1-2H3. The molecule has 0 bridgehead atoms. The molecule has 1 aromatic carbocycles. The van der Waals surface area contributed by atoms with Gasteiger partial charge >= 0.3 is 0 Å². The van der Waals surface area contributed by atoms with Crippen molar-refractivity contribution in [1.29, 1.82) is 0 Å². The first-order chi connectivity index (χ1) is 8.83. The Kier molecular flexibility index (Phi) is 5.21. The highest BCUT2D eigenvalue weighted by molar-refractivity contribution is 5.28. The molecule has 0 aliphatic carbocycles. The van der Waals surface area contributed by atoms with Crippen LogP contribution in [0.15, 0.2) is 24.3 Å². The van der Waals surface area contributed by atoms with E-state index in [-0.39, 0.29) is 6.10 Å². The van der Waals surface area contributed by atoms with Crippen molar-refractivity contribution in [1.82, 2.24) is 5.32 Å². The number of aryl methyl sites for hydroxylation is 1. The van der Waals surface area contributed by atoms with Gasteiger partial charge in [0.25, 0.3) is 0 Å². The van der Waals surface area contributed by atoms with Crippen molar-refractivity contribution in [3.63, 3.8) is 0 Å². The lowest BCUT2D eigenvalue weighted by molar-refractivity contribution is -0.0280. The van der Waals surface area contributed by atoms with Gasteiger partial charge in [-0.1, -0.05) is 31.2 Å². The van der Waals surface area contributed by atoms with Crippen molar-refractivity contribution in [3.8, 4) is 0 Å². The average Bonchev–Trinajstić information content (AvgIpc) is 2.40. The van der Waals surface area contributed by atoms with Gasteiger partial charge in [-0.05, 0) is 43.9 Å². The van der Waals surface area contributed by atoms with Crippen LogP contribution in [0.2, 0.25) is 0 Å². The van der Waals surface area contributed by atoms with Gasteiger partial charge in [0.15, 0.2) is 0 Å². The molecule has 100 valence electrons. The molecule has 0 saturated carbocycles. The fourth-order valence-corrected chi connectivity index (χ4v) is 2.77. The number of ether oxygens (including phenoxy) is 1. The summed E-state index contributed by atoms with van der Waals surface area (Å²) in [5.74, 6) is 0.617. The van der Waals surface area contributed by atoms with E-state index in [1.807, 2.05) is 0 Å². The second-order valence-electron chi connectivity index (χ2n) is 5.25. The van der Waals surface area contributed by atoms with Crippen LogP contribution in [-0.4, -0.2) is 19.7 Å². The van der Waals surface area contributed by atoms with E-state index in [2.05, 4.69) is 43.4 Å². The van der Waals surface area contributed by atoms with E-state index in [0.717, 1.165) is 19.7 Å². The minimum atomic E-state index is 0.282. The Balaban J connectivity index is 2.05. The quantitative estimate of drug-likeness (QED) is 0.805. The first-order valence-corrected chi connectivity index (χ1v) is 7.20. The highest BCUT2D eigenvalue weighted by Crippen LogP contribution is 2.34. The largest absolute Gasteiger partial charge is 0.373 e. The third-order valence-corrected chi connectivity index (χ3v) is 3.77. The Morgan fingerprint density at radius 3 is 2.94 bits per heavy atom. The summed E-state index contributed by atoms with van der Waals surface area (Å²) in [5.41, 5.74) is 2.73. The molecule has 0 spiro atoms. The number of benzene rings is 1. The van der Waals surface area contributed by atoms with Gasteiger partial charge in [-0.25, -0.2) is 0 Å². The minimum Gasteiger partial charge on any atom is -0.373 e. The van der Waals surface area contributed by atoms with Crippen LogP contribution in [0.5, 0.6) is 0 Å². The van der Waals surface area contributed by atoms with Crippen molar-refractivity contribution in [2.24, 2.45) is 5.92 Å². The molecule has 1 aliphatic heterocycles. The zero-order chi connectivity index (χ0) is 12.8. The molecule has 1 aromatic rings. The normalized spacial score (nSPS) is 24.1. The lowest BCUT2D eigenvalue weighted by Gasteiger charge is -2.33. The van der Waals surface area contributed by atoms with Crippen LogP contribution in [0, 0.1) is 12.8 Å². The molecule has 2 rings (SSSR count). The van der Waals surface area contributed by atoms with Gasteiger partial charge in [0.1, 0.15) is 0 Å². The Morgan fingerprint density at radius 2 is 2.17 bits per heavy atom. The van der Waals surface area contributed by atoms with Crippen LogP contribution in [0.3, 0.4) is 0 Å². The smallest absolute Gasteiger partial charge is 0.0867 e. The molecular formula is C16H25NO. The SMILES string of the molecule is CCCNCC1CCCOC1c1ccccc1C. The van der Waals surface area contributed by atoms with E-state index < -0.39 is 0 Å². The van der Waals surface area contributed by atoms with E-state index >= 15 is 0 Å². The number of hydrogen-bond donors (Lipinski definition) is 1. The summed E-state index contributed by atoms with van der Waals surface area (Å²) in [4.78, 5) is 0. The van der Waals surface area contributed by atoms with Gasteiger partial charge in [0, 0.05) is 19.1 Å². The van der Waals surface area contributed by atoms with Crippen LogP contribution in [0.1, 0.15) is 43.4 Å². The lowest BCUT2D eigenvalue weighted by atomic mass is 9.87. The molecule has 18 heavy (non-hydrogen) atoms. The molecule has 1 heterocycles. The molecule has 1 fully saturated rings. The minimum absolute atomic E-state index is 0.282. The summed E-state index contributed by atoms with van der Waals surface area (Å²) < 4.78 is 6.05. The topological polar surface area (TPSA) is 21.3 Å². The van der Waals surface area contributed by atoms with Crippen LogP contribution in [-0.2, 0) is 4.74 Å². The third kappa shape index (κ3) is 3.33. The fraction of sp³-hybridized carbons (Fsp3) is 0.625. The van der Waals surface area contributed by atoms with Crippen molar-refractivity contribution >= 4 is 0 Å². The molecule has 2 heteroatoms. The van der Waals surface area contributed by atoms with Gasteiger partial charge in [-0.2, -0.15) is 0 Å². The van der Waals surface area contributed by atoms with Gasteiger partial charge in [0.2, 0.25) is 0 Å². The molecule has 2 atom stereocenters. The van der Waals surface area contributed by atoms with Gasteiger partial charge in [-0.3, -0.25) is 0 Å². The zero-order valence-electron chi connectivity index (χ0n) is 11.6. The first kappa shape index (κ1) is 13.6.